The largest absolute Gasteiger partial charge is 0.484 e. The zero-order valence-electron chi connectivity index (χ0n) is 22.1. The first-order valence-corrected chi connectivity index (χ1v) is 14.6. The number of carbonyl (C=O) groups excluding carboxylic acids is 2. The van der Waals surface area contributed by atoms with Gasteiger partial charge in [-0.3, -0.25) is 24.0 Å². The number of aromatic amines is 1. The minimum atomic E-state index is -0.250. The van der Waals surface area contributed by atoms with Gasteiger partial charge in [-0.15, -0.1) is 0 Å². The molecule has 1 aromatic carbocycles. The lowest BCUT2D eigenvalue weighted by atomic mass is 10.0. The summed E-state index contributed by atoms with van der Waals surface area (Å²) < 4.78 is 8.30. The van der Waals surface area contributed by atoms with Crippen molar-refractivity contribution in [3.63, 3.8) is 0 Å². The highest BCUT2D eigenvalue weighted by Crippen LogP contribution is 2.36. The molecule has 2 fully saturated rings. The van der Waals surface area contributed by atoms with Gasteiger partial charge in [0.25, 0.3) is 12.4 Å². The van der Waals surface area contributed by atoms with Gasteiger partial charge in [0.1, 0.15) is 16.8 Å². The van der Waals surface area contributed by atoms with Crippen LogP contribution >= 0.6 is 22.9 Å². The number of nitrogens with one attached hydrogen (secondary N) is 3. The van der Waals surface area contributed by atoms with Gasteiger partial charge in [0.2, 0.25) is 5.91 Å². The zero-order valence-corrected chi connectivity index (χ0v) is 23.7. The van der Waals surface area contributed by atoms with E-state index in [1.807, 2.05) is 10.6 Å². The molecule has 12 nitrogen and oxygen atoms in total. The van der Waals surface area contributed by atoms with E-state index in [0.717, 1.165) is 41.1 Å². The third kappa shape index (κ3) is 7.03. The van der Waals surface area contributed by atoms with Gasteiger partial charge in [-0.1, -0.05) is 48.6 Å². The summed E-state index contributed by atoms with van der Waals surface area (Å²) in [7, 11) is 0. The van der Waals surface area contributed by atoms with Gasteiger partial charge in [-0.25, -0.2) is 9.97 Å². The predicted molar refractivity (Wildman–Crippen MR) is 154 cm³/mol. The lowest BCUT2D eigenvalue weighted by Gasteiger charge is -2.12. The summed E-state index contributed by atoms with van der Waals surface area (Å²) in [5.74, 6) is 1.83. The first-order valence-electron chi connectivity index (χ1n) is 13.4. The van der Waals surface area contributed by atoms with Crippen LogP contribution in [0.4, 0.5) is 5.13 Å². The fourth-order valence-corrected chi connectivity index (χ4v) is 6.02. The molecule has 0 spiro atoms. The number of nitrogens with zero attached hydrogens (tertiary/aromatic N) is 4. The number of anilines is 1. The molecule has 41 heavy (non-hydrogen) atoms. The topological polar surface area (TPSA) is 164 Å². The summed E-state index contributed by atoms with van der Waals surface area (Å²) in [6.07, 6.45) is 11.4. The van der Waals surface area contributed by atoms with Crippen molar-refractivity contribution in [2.45, 2.75) is 44.9 Å². The number of hydrogen-bond acceptors (Lipinski definition) is 8. The van der Waals surface area contributed by atoms with Crippen LogP contribution in [0.1, 0.15) is 44.9 Å². The number of aromatic nitrogens is 5. The Bertz CT molecular complexity index is 1520. The molecule has 3 heterocycles. The molecule has 4 aromatic rings. The minimum absolute atomic E-state index is 0.00915. The molecule has 4 N–H and O–H groups in total. The number of H-pyrrole nitrogens is 1. The van der Waals surface area contributed by atoms with Crippen LogP contribution < -0.4 is 15.4 Å². The number of amides is 2. The number of thiazole rings is 1. The van der Waals surface area contributed by atoms with E-state index < -0.39 is 0 Å². The summed E-state index contributed by atoms with van der Waals surface area (Å²) in [6, 6.07) is 5.31. The third-order valence-corrected chi connectivity index (χ3v) is 8.36. The summed E-state index contributed by atoms with van der Waals surface area (Å²) in [6.45, 7) is 0.375. The quantitative estimate of drug-likeness (QED) is 0.191. The molecule has 0 bridgehead atoms. The van der Waals surface area contributed by atoms with Crippen molar-refractivity contribution in [3.05, 3.63) is 35.7 Å². The summed E-state index contributed by atoms with van der Waals surface area (Å²) in [5, 5.41) is 21.1. The molecular weight excluding hydrogens is 570 g/mol. The van der Waals surface area contributed by atoms with Crippen molar-refractivity contribution in [2.75, 3.05) is 18.5 Å². The van der Waals surface area contributed by atoms with Crippen LogP contribution in [0.5, 0.6) is 5.75 Å². The SMILES string of the molecule is O=C(COc1ccc(-c2cncn2-c2n[nH]c3nc(NC(=O)C4CC4)sc23)c(Cl)c1)NCCC1CCCC1.O=CO. The normalized spacial score (nSPS) is 14.9. The monoisotopic (exact) mass is 599 g/mol. The van der Waals surface area contributed by atoms with Crippen molar-refractivity contribution >= 4 is 56.7 Å². The van der Waals surface area contributed by atoms with Gasteiger partial charge < -0.3 is 20.5 Å². The van der Waals surface area contributed by atoms with Crippen LogP contribution in [0.25, 0.3) is 27.4 Å². The average Bonchev–Trinajstić information content (AvgIpc) is 3.29. The zero-order chi connectivity index (χ0) is 28.8. The number of fused-ring (bicyclic) bond motifs is 1. The fraction of sp³-hybridized carbons (Fsp3) is 0.407. The molecule has 0 atom stereocenters. The Morgan fingerprint density at radius 2 is 2.02 bits per heavy atom. The van der Waals surface area contributed by atoms with Crippen LogP contribution in [0.2, 0.25) is 5.02 Å². The Hall–Kier alpha value is -3.97. The van der Waals surface area contributed by atoms with Gasteiger partial charge in [-0.2, -0.15) is 5.10 Å². The first-order chi connectivity index (χ1) is 20.0. The summed E-state index contributed by atoms with van der Waals surface area (Å²) >= 11 is 7.99. The molecule has 2 amide bonds. The number of hydrogen-bond donors (Lipinski definition) is 4. The number of rotatable bonds is 10. The van der Waals surface area contributed by atoms with E-state index >= 15 is 0 Å². The number of carboxylic acid groups (broad SMARTS) is 1. The molecule has 0 saturated heterocycles. The van der Waals surface area contributed by atoms with E-state index in [0.29, 0.717) is 33.9 Å². The second-order valence-electron chi connectivity index (χ2n) is 9.98. The fourth-order valence-electron chi connectivity index (χ4n) is 4.84. The van der Waals surface area contributed by atoms with Crippen LogP contribution in [-0.2, 0) is 14.4 Å². The molecule has 6 rings (SSSR count). The van der Waals surface area contributed by atoms with Gasteiger partial charge in [0.05, 0.1) is 16.9 Å². The maximum absolute atomic E-state index is 12.2. The van der Waals surface area contributed by atoms with E-state index in [9.17, 15) is 9.59 Å². The molecule has 3 aromatic heterocycles. The number of imidazole rings is 1. The Balaban J connectivity index is 0.00000108. The lowest BCUT2D eigenvalue weighted by Crippen LogP contribution is -2.30. The van der Waals surface area contributed by atoms with Crippen molar-refractivity contribution < 1.29 is 24.2 Å². The van der Waals surface area contributed by atoms with E-state index in [4.69, 9.17) is 26.2 Å². The number of benzene rings is 1. The van der Waals surface area contributed by atoms with Crippen LogP contribution in [-0.4, -0.2) is 61.3 Å². The minimum Gasteiger partial charge on any atom is -0.484 e. The van der Waals surface area contributed by atoms with Gasteiger partial charge >= 0.3 is 0 Å². The van der Waals surface area contributed by atoms with Crippen molar-refractivity contribution in [3.8, 4) is 22.8 Å². The maximum Gasteiger partial charge on any atom is 0.290 e. The van der Waals surface area contributed by atoms with Crippen molar-refractivity contribution in [1.82, 2.24) is 30.0 Å². The predicted octanol–water partition coefficient (Wildman–Crippen LogP) is 4.65. The smallest absolute Gasteiger partial charge is 0.290 e. The molecule has 2 aliphatic carbocycles. The summed E-state index contributed by atoms with van der Waals surface area (Å²) in [4.78, 5) is 41.5. The van der Waals surface area contributed by atoms with E-state index in [-0.39, 0.29) is 30.8 Å². The van der Waals surface area contributed by atoms with Gasteiger partial charge in [-0.05, 0) is 43.4 Å². The van der Waals surface area contributed by atoms with E-state index in [2.05, 4.69) is 30.8 Å². The van der Waals surface area contributed by atoms with Crippen molar-refractivity contribution in [2.24, 2.45) is 11.8 Å². The van der Waals surface area contributed by atoms with Crippen molar-refractivity contribution in [1.29, 1.82) is 0 Å². The number of carbonyl (C=O) groups is 3. The Morgan fingerprint density at radius 1 is 1.24 bits per heavy atom. The van der Waals surface area contributed by atoms with Gasteiger partial charge in [0.15, 0.2) is 23.2 Å². The highest BCUT2D eigenvalue weighted by molar-refractivity contribution is 7.22. The van der Waals surface area contributed by atoms with Gasteiger partial charge in [0, 0.05) is 18.0 Å². The average molecular weight is 600 g/mol. The second-order valence-corrected chi connectivity index (χ2v) is 11.4. The van der Waals surface area contributed by atoms with Crippen LogP contribution in [0.3, 0.4) is 0 Å². The molecule has 216 valence electrons. The number of halogens is 1. The van der Waals surface area contributed by atoms with Crippen LogP contribution in [0.15, 0.2) is 30.7 Å². The van der Waals surface area contributed by atoms with Crippen LogP contribution in [0, 0.1) is 11.8 Å². The first kappa shape index (κ1) is 28.6. The maximum atomic E-state index is 12.2. The summed E-state index contributed by atoms with van der Waals surface area (Å²) in [5.41, 5.74) is 2.06. The molecule has 14 heteroatoms. The molecule has 0 aliphatic heterocycles. The standard InChI is InChI=1S/C26H28ClN7O3S.CH2O2/c27-19-11-17(37-13-21(35)29-10-9-15-3-1-2-4-15)7-8-18(19)20-12-28-14-34(20)24-22-23(32-33-24)30-26(38-22)31-25(36)16-5-6-16;2-1-3/h7-8,11-12,14-16H,1-6,9-10,13H2,(H,29,35)(H2,30,31,32,33,36);1H,(H,2,3). The Labute approximate surface area is 244 Å². The molecule has 2 aliphatic rings. The third-order valence-electron chi connectivity index (χ3n) is 7.08. The second kappa shape index (κ2) is 13.1. The molecule has 2 saturated carbocycles. The molecular formula is C27H30ClN7O5S. The highest BCUT2D eigenvalue weighted by Gasteiger charge is 2.30. The lowest BCUT2D eigenvalue weighted by molar-refractivity contribution is -0.123. The van der Waals surface area contributed by atoms with E-state index in [1.165, 1.54) is 37.0 Å². The highest BCUT2D eigenvalue weighted by atomic mass is 35.5. The van der Waals surface area contributed by atoms with E-state index in [1.54, 1.807) is 24.7 Å². The Morgan fingerprint density at radius 3 is 2.76 bits per heavy atom. The Kier molecular flexibility index (Phi) is 9.14. The molecule has 0 radical (unpaired) electrons. The number of ether oxygens (including phenoxy) is 1. The molecule has 0 unspecified atom stereocenters.